The third-order valence-corrected chi connectivity index (χ3v) is 5.37. The van der Waals surface area contributed by atoms with E-state index in [2.05, 4.69) is 0 Å². The zero-order valence-corrected chi connectivity index (χ0v) is 10.9. The van der Waals surface area contributed by atoms with Gasteiger partial charge in [0.25, 0.3) is 0 Å². The molecule has 1 unspecified atom stereocenters. The van der Waals surface area contributed by atoms with E-state index in [0.717, 1.165) is 12.8 Å². The minimum Gasteiger partial charge on any atom is -0.388 e. The van der Waals surface area contributed by atoms with E-state index in [1.165, 1.54) is 0 Å². The number of rotatable bonds is 4. The summed E-state index contributed by atoms with van der Waals surface area (Å²) in [6.07, 6.45) is 1.54. The SMILES string of the molecule is CC(C)S(=O)(=O)c1cccc(C(O)C2CC2)c1. The molecule has 1 aromatic carbocycles. The van der Waals surface area contributed by atoms with E-state index < -0.39 is 21.2 Å². The van der Waals surface area contributed by atoms with Crippen molar-refractivity contribution in [2.45, 2.75) is 42.9 Å². The summed E-state index contributed by atoms with van der Waals surface area (Å²) in [5.41, 5.74) is 0.717. The van der Waals surface area contributed by atoms with Crippen molar-refractivity contribution in [2.75, 3.05) is 0 Å². The summed E-state index contributed by atoms with van der Waals surface area (Å²) in [5.74, 6) is 0.312. The second-order valence-corrected chi connectivity index (χ2v) is 7.45. The van der Waals surface area contributed by atoms with Gasteiger partial charge in [0.2, 0.25) is 0 Å². The molecule has 0 bridgehead atoms. The van der Waals surface area contributed by atoms with Crippen LogP contribution >= 0.6 is 0 Å². The highest BCUT2D eigenvalue weighted by atomic mass is 32.2. The van der Waals surface area contributed by atoms with E-state index in [1.807, 2.05) is 0 Å². The van der Waals surface area contributed by atoms with Crippen LogP contribution in [0.1, 0.15) is 38.4 Å². The fourth-order valence-electron chi connectivity index (χ4n) is 1.83. The van der Waals surface area contributed by atoms with Crippen molar-refractivity contribution < 1.29 is 13.5 Å². The molecule has 0 amide bonds. The van der Waals surface area contributed by atoms with Crippen molar-refractivity contribution in [2.24, 2.45) is 5.92 Å². The molecule has 0 aliphatic heterocycles. The van der Waals surface area contributed by atoms with Crippen molar-refractivity contribution in [1.29, 1.82) is 0 Å². The van der Waals surface area contributed by atoms with Crippen LogP contribution in [-0.2, 0) is 9.84 Å². The highest BCUT2D eigenvalue weighted by Gasteiger charge is 2.31. The first-order valence-corrected chi connectivity index (χ1v) is 7.49. The summed E-state index contributed by atoms with van der Waals surface area (Å²) < 4.78 is 24.0. The summed E-state index contributed by atoms with van der Waals surface area (Å²) in [4.78, 5) is 0.310. The lowest BCUT2D eigenvalue weighted by atomic mass is 10.1. The Bertz CT molecular complexity index is 501. The molecule has 0 saturated heterocycles. The van der Waals surface area contributed by atoms with Crippen molar-refractivity contribution in [1.82, 2.24) is 0 Å². The van der Waals surface area contributed by atoms with Crippen molar-refractivity contribution in [3.63, 3.8) is 0 Å². The fraction of sp³-hybridized carbons (Fsp3) is 0.538. The van der Waals surface area contributed by atoms with Gasteiger partial charge in [-0.2, -0.15) is 0 Å². The molecule has 1 fully saturated rings. The maximum Gasteiger partial charge on any atom is 0.180 e. The number of aliphatic hydroxyl groups excluding tert-OH is 1. The van der Waals surface area contributed by atoms with Crippen LogP contribution in [-0.4, -0.2) is 18.8 Å². The average Bonchev–Trinajstić information content (AvgIpc) is 3.12. The van der Waals surface area contributed by atoms with Gasteiger partial charge in [0, 0.05) is 0 Å². The second kappa shape index (κ2) is 4.42. The quantitative estimate of drug-likeness (QED) is 0.897. The van der Waals surface area contributed by atoms with Crippen LogP contribution in [0, 0.1) is 5.92 Å². The lowest BCUT2D eigenvalue weighted by Gasteiger charge is -2.13. The van der Waals surface area contributed by atoms with Gasteiger partial charge in [0.15, 0.2) is 9.84 Å². The summed E-state index contributed by atoms with van der Waals surface area (Å²) in [7, 11) is -3.25. The zero-order chi connectivity index (χ0) is 12.6. The van der Waals surface area contributed by atoms with Gasteiger partial charge in [0.1, 0.15) is 0 Å². The maximum atomic E-state index is 12.0. The van der Waals surface area contributed by atoms with Crippen LogP contribution in [0.3, 0.4) is 0 Å². The van der Waals surface area contributed by atoms with Crippen molar-refractivity contribution in [3.8, 4) is 0 Å². The Kier molecular flexibility index (Phi) is 3.27. The molecule has 2 rings (SSSR count). The smallest absolute Gasteiger partial charge is 0.180 e. The van der Waals surface area contributed by atoms with Gasteiger partial charge < -0.3 is 5.11 Å². The maximum absolute atomic E-state index is 12.0. The summed E-state index contributed by atoms with van der Waals surface area (Å²) in [6.45, 7) is 3.33. The Morgan fingerprint density at radius 3 is 2.47 bits per heavy atom. The molecule has 0 radical (unpaired) electrons. The minimum atomic E-state index is -3.25. The molecule has 0 heterocycles. The third kappa shape index (κ3) is 2.53. The normalized spacial score (nSPS) is 18.4. The van der Waals surface area contributed by atoms with Crippen molar-refractivity contribution >= 4 is 9.84 Å². The molecular formula is C13H18O3S. The Balaban J connectivity index is 2.34. The Hall–Kier alpha value is -0.870. The van der Waals surface area contributed by atoms with Crippen LogP contribution in [0.25, 0.3) is 0 Å². The van der Waals surface area contributed by atoms with E-state index in [1.54, 1.807) is 38.1 Å². The molecule has 1 saturated carbocycles. The average molecular weight is 254 g/mol. The van der Waals surface area contributed by atoms with Crippen LogP contribution in [0.2, 0.25) is 0 Å². The van der Waals surface area contributed by atoms with Gasteiger partial charge in [-0.25, -0.2) is 8.42 Å². The number of aliphatic hydroxyl groups is 1. The first-order chi connectivity index (χ1) is 7.93. The number of sulfone groups is 1. The monoisotopic (exact) mass is 254 g/mol. The lowest BCUT2D eigenvalue weighted by Crippen LogP contribution is -2.14. The number of hydrogen-bond acceptors (Lipinski definition) is 3. The molecule has 1 atom stereocenters. The highest BCUT2D eigenvalue weighted by Crippen LogP contribution is 2.41. The molecule has 4 heteroatoms. The molecular weight excluding hydrogens is 236 g/mol. The topological polar surface area (TPSA) is 54.4 Å². The lowest BCUT2D eigenvalue weighted by molar-refractivity contribution is 0.153. The van der Waals surface area contributed by atoms with E-state index in [-0.39, 0.29) is 0 Å². The van der Waals surface area contributed by atoms with Gasteiger partial charge >= 0.3 is 0 Å². The van der Waals surface area contributed by atoms with Crippen LogP contribution in [0.4, 0.5) is 0 Å². The predicted octanol–water partition coefficient (Wildman–Crippen LogP) is 2.31. The first-order valence-electron chi connectivity index (χ1n) is 5.95. The van der Waals surface area contributed by atoms with Crippen molar-refractivity contribution in [3.05, 3.63) is 29.8 Å². The standard InChI is InChI=1S/C13H18O3S/c1-9(2)17(15,16)12-5-3-4-11(8-12)13(14)10-6-7-10/h3-5,8-10,13-14H,6-7H2,1-2H3. The summed E-state index contributed by atoms with van der Waals surface area (Å²) in [6, 6.07) is 6.70. The largest absolute Gasteiger partial charge is 0.388 e. The summed E-state index contributed by atoms with van der Waals surface area (Å²) >= 11 is 0. The van der Waals surface area contributed by atoms with Gasteiger partial charge in [-0.1, -0.05) is 12.1 Å². The van der Waals surface area contributed by atoms with Gasteiger partial charge in [-0.05, 0) is 50.3 Å². The fourth-order valence-corrected chi connectivity index (χ4v) is 2.94. The molecule has 1 aliphatic carbocycles. The molecule has 0 spiro atoms. The van der Waals surface area contributed by atoms with E-state index in [0.29, 0.717) is 16.4 Å². The molecule has 94 valence electrons. The van der Waals surface area contributed by atoms with Gasteiger partial charge in [-0.15, -0.1) is 0 Å². The Morgan fingerprint density at radius 2 is 1.94 bits per heavy atom. The molecule has 1 aromatic rings. The molecule has 1 aliphatic rings. The second-order valence-electron chi connectivity index (χ2n) is 4.95. The molecule has 1 N–H and O–H groups in total. The van der Waals surface area contributed by atoms with E-state index in [9.17, 15) is 13.5 Å². The van der Waals surface area contributed by atoms with Crippen LogP contribution in [0.15, 0.2) is 29.2 Å². The molecule has 17 heavy (non-hydrogen) atoms. The third-order valence-electron chi connectivity index (χ3n) is 3.22. The number of hydrogen-bond donors (Lipinski definition) is 1. The van der Waals surface area contributed by atoms with Crippen LogP contribution in [0.5, 0.6) is 0 Å². The number of benzene rings is 1. The van der Waals surface area contributed by atoms with Crippen LogP contribution < -0.4 is 0 Å². The van der Waals surface area contributed by atoms with Gasteiger partial charge in [0.05, 0.1) is 16.2 Å². The predicted molar refractivity (Wildman–Crippen MR) is 66.4 cm³/mol. The van der Waals surface area contributed by atoms with Gasteiger partial charge in [-0.3, -0.25) is 0 Å². The Morgan fingerprint density at radius 1 is 1.29 bits per heavy atom. The first kappa shape index (κ1) is 12.6. The highest BCUT2D eigenvalue weighted by molar-refractivity contribution is 7.92. The Labute approximate surface area is 102 Å². The van der Waals surface area contributed by atoms with E-state index >= 15 is 0 Å². The van der Waals surface area contributed by atoms with E-state index in [4.69, 9.17) is 0 Å². The zero-order valence-electron chi connectivity index (χ0n) is 10.1. The molecule has 3 nitrogen and oxygen atoms in total. The molecule has 0 aromatic heterocycles. The minimum absolute atomic E-state index is 0.310. The summed E-state index contributed by atoms with van der Waals surface area (Å²) in [5, 5.41) is 9.56.